The minimum absolute atomic E-state index is 1.02. The molecule has 5 rings (SSSR count). The molecule has 0 aliphatic rings. The lowest BCUT2D eigenvalue weighted by molar-refractivity contribution is -2.00. The Morgan fingerprint density at radius 1 is 0.658 bits per heavy atom. The lowest BCUT2D eigenvalue weighted by atomic mass is 10.2. The van der Waals surface area contributed by atoms with Gasteiger partial charge < -0.3 is 0 Å². The molecule has 0 fully saturated rings. The average Bonchev–Trinajstić information content (AvgIpc) is 3.35. The molecule has 5 aromatic rings. The number of hydrogen-bond donors (Lipinski definition) is 0. The Morgan fingerprint density at radius 3 is 1.39 bits per heavy atom. The Hall–Kier alpha value is -2.58. The van der Waals surface area contributed by atoms with E-state index in [0.29, 0.717) is 0 Å². The van der Waals surface area contributed by atoms with Gasteiger partial charge in [-0.25, -0.2) is 18.6 Å². The third-order valence-electron chi connectivity index (χ3n) is 5.62. The number of hydrogen-bond acceptors (Lipinski definition) is 7. The highest BCUT2D eigenvalue weighted by molar-refractivity contribution is 8.05. The van der Waals surface area contributed by atoms with Gasteiger partial charge in [0.25, 0.3) is 0 Å². The van der Waals surface area contributed by atoms with Crippen molar-refractivity contribution in [3.05, 3.63) is 121 Å². The third kappa shape index (κ3) is 6.70. The zero-order valence-electron chi connectivity index (χ0n) is 20.5. The van der Waals surface area contributed by atoms with Crippen LogP contribution < -0.4 is 40.0 Å². The molecule has 0 saturated carbocycles. The van der Waals surface area contributed by atoms with Gasteiger partial charge in [0.05, 0.1) is 0 Å². The fraction of sp³-hybridized carbons (Fsp3) is 0.0690. The molecule has 0 radical (unpaired) electrons. The quantitative estimate of drug-likeness (QED) is 0.214. The van der Waals surface area contributed by atoms with Crippen LogP contribution in [0.5, 0.6) is 0 Å². The highest BCUT2D eigenvalue weighted by Gasteiger charge is 2.52. The fourth-order valence-electron chi connectivity index (χ4n) is 4.21. The standard InChI is InChI=1S/C29H25NPS2.ClHO4/c1-2-32-29-27(30-28(33-29)23-15-7-3-8-16-23)31(24-17-9-4-10-18-24,25-19-11-5-12-20-25)26-21-13-6-14-22-26;2-1(3,4)5/h3-22H,2H2,1H3;(H,2,3,4,5)/q+1;/p-1. The highest BCUT2D eigenvalue weighted by Crippen LogP contribution is 2.56. The smallest absolute Gasteiger partial charge is 0.222 e. The van der Waals surface area contributed by atoms with E-state index in [1.54, 1.807) is 0 Å². The molecule has 0 aliphatic carbocycles. The summed E-state index contributed by atoms with van der Waals surface area (Å²) < 4.78 is 35.3. The number of halogens is 1. The number of thioether (sulfide) groups is 1. The molecule has 0 unspecified atom stereocenters. The Kier molecular flexibility index (Phi) is 9.71. The summed E-state index contributed by atoms with van der Waals surface area (Å²) in [5, 5.41) is 5.11. The first-order chi connectivity index (χ1) is 18.3. The first-order valence-electron chi connectivity index (χ1n) is 11.7. The van der Waals surface area contributed by atoms with Gasteiger partial charge in [0, 0.05) is 5.56 Å². The number of thiazole rings is 1. The van der Waals surface area contributed by atoms with Gasteiger partial charge in [0.15, 0.2) is 7.26 Å². The largest absolute Gasteiger partial charge is 0.223 e. The molecule has 1 heterocycles. The van der Waals surface area contributed by atoms with E-state index in [1.807, 2.05) is 23.1 Å². The Labute approximate surface area is 233 Å². The first kappa shape index (κ1) is 28.4. The normalized spacial score (nSPS) is 11.5. The van der Waals surface area contributed by atoms with Crippen LogP contribution in [0.4, 0.5) is 0 Å². The lowest BCUT2D eigenvalue weighted by Crippen LogP contribution is -2.68. The van der Waals surface area contributed by atoms with E-state index in [9.17, 15) is 0 Å². The molecule has 4 aromatic carbocycles. The molecule has 0 N–H and O–H groups in total. The molecule has 1 aromatic heterocycles. The molecule has 0 bridgehead atoms. The van der Waals surface area contributed by atoms with Crippen molar-refractivity contribution in [1.29, 1.82) is 0 Å². The van der Waals surface area contributed by atoms with Gasteiger partial charge in [0.2, 0.25) is 5.44 Å². The molecule has 0 atom stereocenters. The predicted octanol–water partition coefficient (Wildman–Crippen LogP) is 1.79. The van der Waals surface area contributed by atoms with Crippen molar-refractivity contribution in [1.82, 2.24) is 4.98 Å². The zero-order valence-corrected chi connectivity index (χ0v) is 23.8. The average molecular weight is 582 g/mol. The van der Waals surface area contributed by atoms with Crippen LogP contribution in [0.1, 0.15) is 6.92 Å². The van der Waals surface area contributed by atoms with Crippen LogP contribution in [0.25, 0.3) is 10.6 Å². The van der Waals surface area contributed by atoms with Gasteiger partial charge in [-0.2, -0.15) is 4.98 Å². The summed E-state index contributed by atoms with van der Waals surface area (Å²) >= 11 is 3.74. The Morgan fingerprint density at radius 2 is 1.03 bits per heavy atom. The first-order valence-corrected chi connectivity index (χ1v) is 16.5. The summed E-state index contributed by atoms with van der Waals surface area (Å²) in [4.78, 5) is 5.45. The minimum Gasteiger partial charge on any atom is -0.222 e. The molecule has 9 heteroatoms. The van der Waals surface area contributed by atoms with Gasteiger partial charge in [-0.15, -0.1) is 33.3 Å². The van der Waals surface area contributed by atoms with Crippen LogP contribution in [0.3, 0.4) is 0 Å². The van der Waals surface area contributed by atoms with Crippen molar-refractivity contribution in [2.45, 2.75) is 11.1 Å². The van der Waals surface area contributed by atoms with E-state index < -0.39 is 17.5 Å². The summed E-state index contributed by atoms with van der Waals surface area (Å²) in [6, 6.07) is 43.6. The van der Waals surface area contributed by atoms with Gasteiger partial charge in [-0.1, -0.05) is 91.9 Å². The van der Waals surface area contributed by atoms with Crippen molar-refractivity contribution in [3.8, 4) is 10.6 Å². The Balaban J connectivity index is 0.000000617. The molecule has 194 valence electrons. The molecule has 0 aliphatic heterocycles. The van der Waals surface area contributed by atoms with Crippen molar-refractivity contribution in [2.24, 2.45) is 0 Å². The van der Waals surface area contributed by atoms with Crippen molar-refractivity contribution in [3.63, 3.8) is 0 Å². The summed E-state index contributed by atoms with van der Waals surface area (Å²) in [6.45, 7) is 2.23. The summed E-state index contributed by atoms with van der Waals surface area (Å²) in [5.74, 6) is 1.02. The van der Waals surface area contributed by atoms with E-state index >= 15 is 0 Å². The maximum absolute atomic E-state index is 8.49. The molecule has 5 nitrogen and oxygen atoms in total. The van der Waals surface area contributed by atoms with Crippen LogP contribution in [-0.4, -0.2) is 10.7 Å². The molecule has 0 saturated heterocycles. The number of rotatable bonds is 7. The van der Waals surface area contributed by atoms with E-state index in [2.05, 4.69) is 128 Å². The zero-order chi connectivity index (χ0) is 27.0. The minimum atomic E-state index is -4.94. The van der Waals surface area contributed by atoms with E-state index in [4.69, 9.17) is 23.6 Å². The number of aromatic nitrogens is 1. The second-order valence-electron chi connectivity index (χ2n) is 7.98. The third-order valence-corrected chi connectivity index (χ3v) is 12.4. The monoisotopic (exact) mass is 581 g/mol. The maximum Gasteiger partial charge on any atom is 0.223 e. The molecular formula is C29H25ClNO4PS2. The predicted molar refractivity (Wildman–Crippen MR) is 149 cm³/mol. The maximum atomic E-state index is 8.49. The number of nitrogens with zero attached hydrogens (tertiary/aromatic N) is 1. The van der Waals surface area contributed by atoms with Gasteiger partial charge in [-0.3, -0.25) is 0 Å². The van der Waals surface area contributed by atoms with Crippen LogP contribution >= 0.6 is 30.4 Å². The van der Waals surface area contributed by atoms with Crippen LogP contribution in [0.2, 0.25) is 0 Å². The van der Waals surface area contributed by atoms with Crippen molar-refractivity contribution in [2.75, 3.05) is 5.75 Å². The molecular weight excluding hydrogens is 557 g/mol. The van der Waals surface area contributed by atoms with Gasteiger partial charge >= 0.3 is 0 Å². The SMILES string of the molecule is CCSc1sc(-c2ccccc2)nc1[P+](c1ccccc1)(c1ccccc1)c1ccccc1.[O-][Cl+3]([O-])([O-])[O-]. The van der Waals surface area contributed by atoms with Crippen molar-refractivity contribution >= 4 is 51.7 Å². The van der Waals surface area contributed by atoms with Crippen LogP contribution in [0, 0.1) is 10.2 Å². The topological polar surface area (TPSA) is 105 Å². The summed E-state index contributed by atoms with van der Waals surface area (Å²) in [6.07, 6.45) is 0. The number of benzene rings is 4. The van der Waals surface area contributed by atoms with Gasteiger partial charge in [-0.05, 0) is 42.2 Å². The molecule has 0 spiro atoms. The Bertz CT molecular complexity index is 1310. The summed E-state index contributed by atoms with van der Waals surface area (Å²) in [5.41, 5.74) is 2.40. The van der Waals surface area contributed by atoms with Crippen LogP contribution in [-0.2, 0) is 0 Å². The second-order valence-corrected chi connectivity index (χ2v) is 14.6. The lowest BCUT2D eigenvalue weighted by Gasteiger charge is -2.26. The highest BCUT2D eigenvalue weighted by atomic mass is 35.7. The van der Waals surface area contributed by atoms with E-state index in [1.165, 1.54) is 31.1 Å². The van der Waals surface area contributed by atoms with E-state index in [-0.39, 0.29) is 0 Å². The molecule has 38 heavy (non-hydrogen) atoms. The van der Waals surface area contributed by atoms with Gasteiger partial charge in [0.1, 0.15) is 25.1 Å². The van der Waals surface area contributed by atoms with Crippen LogP contribution in [0.15, 0.2) is 126 Å². The van der Waals surface area contributed by atoms with E-state index in [0.717, 1.165) is 10.8 Å². The molecule has 0 amide bonds. The fourth-order valence-corrected chi connectivity index (χ4v) is 11.4. The van der Waals surface area contributed by atoms with Crippen molar-refractivity contribution < 1.29 is 28.9 Å². The summed E-state index contributed by atoms with van der Waals surface area (Å²) in [7, 11) is -7.14. The second kappa shape index (κ2) is 13.0.